The Kier molecular flexibility index (Phi) is 7.44. The SMILES string of the molecule is COc1ccc(C)c(N2CCN(C(=O)N(Cc3ccccc3)c3cc(C)c(C)nc3OC)CC2)c1. The van der Waals surface area contributed by atoms with Crippen molar-refractivity contribution in [1.82, 2.24) is 9.88 Å². The van der Waals surface area contributed by atoms with Crippen molar-refractivity contribution in [2.75, 3.05) is 50.2 Å². The minimum absolute atomic E-state index is 0.0424. The van der Waals surface area contributed by atoms with Crippen LogP contribution < -0.4 is 19.3 Å². The quantitative estimate of drug-likeness (QED) is 0.505. The van der Waals surface area contributed by atoms with Crippen molar-refractivity contribution in [2.45, 2.75) is 27.3 Å². The normalized spacial score (nSPS) is 13.5. The first-order valence-electron chi connectivity index (χ1n) is 11.9. The van der Waals surface area contributed by atoms with E-state index in [0.29, 0.717) is 31.2 Å². The summed E-state index contributed by atoms with van der Waals surface area (Å²) in [5, 5.41) is 0. The predicted molar refractivity (Wildman–Crippen MR) is 140 cm³/mol. The van der Waals surface area contributed by atoms with Crippen molar-refractivity contribution in [2.24, 2.45) is 0 Å². The van der Waals surface area contributed by atoms with Crippen LogP contribution in [0.15, 0.2) is 54.6 Å². The van der Waals surface area contributed by atoms with Crippen molar-refractivity contribution in [1.29, 1.82) is 0 Å². The van der Waals surface area contributed by atoms with Crippen LogP contribution in [0.5, 0.6) is 11.6 Å². The second-order valence-electron chi connectivity index (χ2n) is 8.90. The molecule has 0 spiro atoms. The maximum Gasteiger partial charge on any atom is 0.325 e. The Morgan fingerprint density at radius 3 is 2.29 bits per heavy atom. The average molecular weight is 475 g/mol. The number of aromatic nitrogens is 1. The number of pyridine rings is 1. The van der Waals surface area contributed by atoms with Gasteiger partial charge in [0.2, 0.25) is 5.88 Å². The van der Waals surface area contributed by atoms with Crippen LogP contribution in [0, 0.1) is 20.8 Å². The molecule has 0 bridgehead atoms. The van der Waals surface area contributed by atoms with Gasteiger partial charge in [0, 0.05) is 43.6 Å². The fourth-order valence-corrected chi connectivity index (χ4v) is 4.40. The number of anilines is 2. The zero-order valence-electron chi connectivity index (χ0n) is 21.2. The first kappa shape index (κ1) is 24.4. The first-order chi connectivity index (χ1) is 16.9. The molecule has 7 nitrogen and oxygen atoms in total. The van der Waals surface area contributed by atoms with E-state index in [1.54, 1.807) is 19.1 Å². The van der Waals surface area contributed by atoms with Crippen molar-refractivity contribution in [3.63, 3.8) is 0 Å². The van der Waals surface area contributed by atoms with Crippen LogP contribution in [0.3, 0.4) is 0 Å². The van der Waals surface area contributed by atoms with E-state index in [0.717, 1.165) is 41.3 Å². The Balaban J connectivity index is 1.58. The van der Waals surface area contributed by atoms with E-state index >= 15 is 0 Å². The number of piperazine rings is 1. The molecule has 1 saturated heterocycles. The standard InChI is InChI=1S/C28H34N4O3/c1-20-11-12-24(34-4)18-25(20)30-13-15-31(16-14-30)28(33)32(19-23-9-7-6-8-10-23)26-17-21(2)22(3)29-27(26)35-5/h6-12,17-18H,13-16,19H2,1-5H3. The smallest absolute Gasteiger partial charge is 0.325 e. The lowest BCUT2D eigenvalue weighted by Crippen LogP contribution is -2.53. The molecule has 2 aromatic carbocycles. The monoisotopic (exact) mass is 474 g/mol. The number of hydrogen-bond donors (Lipinski definition) is 0. The van der Waals surface area contributed by atoms with E-state index in [9.17, 15) is 4.79 Å². The van der Waals surface area contributed by atoms with E-state index in [1.807, 2.05) is 61.2 Å². The number of ether oxygens (including phenoxy) is 2. The highest BCUT2D eigenvalue weighted by Crippen LogP contribution is 2.32. The Labute approximate surface area is 207 Å². The summed E-state index contributed by atoms with van der Waals surface area (Å²) in [6.07, 6.45) is 0. The van der Waals surface area contributed by atoms with E-state index in [4.69, 9.17) is 9.47 Å². The fraction of sp³-hybridized carbons (Fsp3) is 0.357. The van der Waals surface area contributed by atoms with Gasteiger partial charge >= 0.3 is 6.03 Å². The second kappa shape index (κ2) is 10.7. The van der Waals surface area contributed by atoms with E-state index in [-0.39, 0.29) is 6.03 Å². The van der Waals surface area contributed by atoms with Gasteiger partial charge in [0.15, 0.2) is 0 Å². The van der Waals surface area contributed by atoms with Crippen LogP contribution in [0.2, 0.25) is 0 Å². The minimum atomic E-state index is -0.0424. The lowest BCUT2D eigenvalue weighted by Gasteiger charge is -2.39. The zero-order chi connectivity index (χ0) is 24.9. The summed E-state index contributed by atoms with van der Waals surface area (Å²) in [4.78, 5) is 24.5. The molecule has 0 unspecified atom stereocenters. The zero-order valence-corrected chi connectivity index (χ0v) is 21.2. The summed E-state index contributed by atoms with van der Waals surface area (Å²) in [5.74, 6) is 1.30. The number of amides is 2. The third-order valence-corrected chi connectivity index (χ3v) is 6.62. The van der Waals surface area contributed by atoms with Gasteiger partial charge in [-0.1, -0.05) is 36.4 Å². The van der Waals surface area contributed by atoms with E-state index in [2.05, 4.69) is 28.9 Å². The number of carbonyl (C=O) groups excluding carboxylic acids is 1. The second-order valence-corrected chi connectivity index (χ2v) is 8.90. The van der Waals surface area contributed by atoms with Crippen molar-refractivity contribution >= 4 is 17.4 Å². The molecule has 1 aromatic heterocycles. The molecule has 184 valence electrons. The molecule has 0 atom stereocenters. The van der Waals surface area contributed by atoms with Crippen molar-refractivity contribution < 1.29 is 14.3 Å². The van der Waals surface area contributed by atoms with Gasteiger partial charge in [0.25, 0.3) is 0 Å². The van der Waals surface area contributed by atoms with Crippen molar-refractivity contribution in [3.05, 3.63) is 77.0 Å². The van der Waals surface area contributed by atoms with Gasteiger partial charge in [-0.3, -0.25) is 4.90 Å². The fourth-order valence-electron chi connectivity index (χ4n) is 4.40. The number of aryl methyl sites for hydroxylation is 3. The topological polar surface area (TPSA) is 58.1 Å². The van der Waals surface area contributed by atoms with Gasteiger partial charge < -0.3 is 19.3 Å². The summed E-state index contributed by atoms with van der Waals surface area (Å²) >= 11 is 0. The predicted octanol–water partition coefficient (Wildman–Crippen LogP) is 4.97. The molecule has 0 radical (unpaired) electrons. The Morgan fingerprint density at radius 1 is 0.914 bits per heavy atom. The molecule has 2 heterocycles. The third-order valence-electron chi connectivity index (χ3n) is 6.62. The summed E-state index contributed by atoms with van der Waals surface area (Å²) in [5.41, 5.74) is 5.99. The number of benzene rings is 2. The number of hydrogen-bond acceptors (Lipinski definition) is 5. The largest absolute Gasteiger partial charge is 0.497 e. The molecule has 3 aromatic rings. The highest BCUT2D eigenvalue weighted by atomic mass is 16.5. The molecule has 7 heteroatoms. The van der Waals surface area contributed by atoms with Gasteiger partial charge in [-0.05, 0) is 49.6 Å². The molecule has 1 aliphatic rings. The van der Waals surface area contributed by atoms with Crippen LogP contribution in [0.25, 0.3) is 0 Å². The number of urea groups is 1. The summed E-state index contributed by atoms with van der Waals surface area (Å²) in [7, 11) is 3.28. The molecular formula is C28H34N4O3. The van der Waals surface area contributed by atoms with Crippen LogP contribution in [-0.2, 0) is 6.54 Å². The molecule has 0 N–H and O–H groups in total. The average Bonchev–Trinajstić information content (AvgIpc) is 2.89. The maximum atomic E-state index is 13.9. The number of methoxy groups -OCH3 is 2. The highest BCUT2D eigenvalue weighted by molar-refractivity contribution is 5.93. The third kappa shape index (κ3) is 5.34. The molecule has 0 saturated carbocycles. The molecule has 2 amide bonds. The summed E-state index contributed by atoms with van der Waals surface area (Å²) in [6, 6.07) is 18.1. The molecule has 35 heavy (non-hydrogen) atoms. The lowest BCUT2D eigenvalue weighted by molar-refractivity contribution is 0.200. The van der Waals surface area contributed by atoms with Crippen LogP contribution in [-0.4, -0.2) is 56.3 Å². The Bertz CT molecular complexity index is 1170. The number of carbonyl (C=O) groups is 1. The van der Waals surface area contributed by atoms with Gasteiger partial charge in [-0.2, -0.15) is 0 Å². The molecule has 0 aliphatic carbocycles. The maximum absolute atomic E-state index is 13.9. The van der Waals surface area contributed by atoms with E-state index in [1.165, 1.54) is 5.56 Å². The lowest BCUT2D eigenvalue weighted by atomic mass is 10.1. The Hall–Kier alpha value is -3.74. The number of rotatable bonds is 6. The first-order valence-corrected chi connectivity index (χ1v) is 11.9. The van der Waals surface area contributed by atoms with Gasteiger partial charge in [0.05, 0.1) is 20.8 Å². The molecule has 1 fully saturated rings. The summed E-state index contributed by atoms with van der Waals surface area (Å²) in [6.45, 7) is 9.25. The molecule has 1 aliphatic heterocycles. The van der Waals surface area contributed by atoms with Crippen molar-refractivity contribution in [3.8, 4) is 11.6 Å². The van der Waals surface area contributed by atoms with Crippen LogP contribution in [0.1, 0.15) is 22.4 Å². The van der Waals surface area contributed by atoms with Gasteiger partial charge in [-0.25, -0.2) is 9.78 Å². The highest BCUT2D eigenvalue weighted by Gasteiger charge is 2.29. The summed E-state index contributed by atoms with van der Waals surface area (Å²) < 4.78 is 11.0. The van der Waals surface area contributed by atoms with E-state index < -0.39 is 0 Å². The number of nitrogens with zero attached hydrogens (tertiary/aromatic N) is 4. The van der Waals surface area contributed by atoms with Gasteiger partial charge in [-0.15, -0.1) is 0 Å². The van der Waals surface area contributed by atoms with Crippen LogP contribution >= 0.6 is 0 Å². The van der Waals surface area contributed by atoms with Gasteiger partial charge in [0.1, 0.15) is 11.4 Å². The minimum Gasteiger partial charge on any atom is -0.497 e. The Morgan fingerprint density at radius 2 is 1.63 bits per heavy atom. The molecule has 4 rings (SSSR count). The molecular weight excluding hydrogens is 440 g/mol. The van der Waals surface area contributed by atoms with Crippen LogP contribution in [0.4, 0.5) is 16.2 Å².